The standard InChI is InChI=1S/C11H14FNO3/c1-15-10-6-8(12)11(16-2)5-7(10)9(14)3-4-13/h5-6H,3-4,13H2,1-2H3. The molecule has 88 valence electrons. The average Bonchev–Trinajstić information content (AvgIpc) is 2.28. The predicted octanol–water partition coefficient (Wildman–Crippen LogP) is 1.37. The van der Waals surface area contributed by atoms with Crippen LogP contribution < -0.4 is 15.2 Å². The van der Waals surface area contributed by atoms with E-state index >= 15 is 0 Å². The van der Waals surface area contributed by atoms with Crippen LogP contribution in [0.4, 0.5) is 4.39 Å². The summed E-state index contributed by atoms with van der Waals surface area (Å²) in [6, 6.07) is 2.45. The second-order valence-corrected chi connectivity index (χ2v) is 3.15. The zero-order valence-electron chi connectivity index (χ0n) is 9.25. The van der Waals surface area contributed by atoms with E-state index in [1.54, 1.807) is 0 Å². The minimum Gasteiger partial charge on any atom is -0.496 e. The van der Waals surface area contributed by atoms with Gasteiger partial charge in [0.1, 0.15) is 5.75 Å². The first-order valence-corrected chi connectivity index (χ1v) is 4.78. The maximum absolute atomic E-state index is 13.3. The van der Waals surface area contributed by atoms with Gasteiger partial charge in [-0.05, 0) is 12.6 Å². The molecule has 0 radical (unpaired) electrons. The fraction of sp³-hybridized carbons (Fsp3) is 0.364. The molecule has 2 N–H and O–H groups in total. The molecule has 1 rings (SSSR count). The topological polar surface area (TPSA) is 61.5 Å². The number of carbonyl (C=O) groups excluding carboxylic acids is 1. The maximum Gasteiger partial charge on any atom is 0.168 e. The molecule has 0 saturated carbocycles. The number of carbonyl (C=O) groups is 1. The summed E-state index contributed by atoms with van der Waals surface area (Å²) in [4.78, 5) is 11.7. The first-order chi connectivity index (χ1) is 7.63. The van der Waals surface area contributed by atoms with Crippen molar-refractivity contribution < 1.29 is 18.7 Å². The fourth-order valence-electron chi connectivity index (χ4n) is 1.34. The van der Waals surface area contributed by atoms with Crippen molar-refractivity contribution in [3.8, 4) is 11.5 Å². The van der Waals surface area contributed by atoms with E-state index in [9.17, 15) is 9.18 Å². The fourth-order valence-corrected chi connectivity index (χ4v) is 1.34. The van der Waals surface area contributed by atoms with Crippen LogP contribution in [0.2, 0.25) is 0 Å². The quantitative estimate of drug-likeness (QED) is 0.772. The van der Waals surface area contributed by atoms with Gasteiger partial charge in [-0.25, -0.2) is 4.39 Å². The lowest BCUT2D eigenvalue weighted by molar-refractivity contribution is 0.0982. The lowest BCUT2D eigenvalue weighted by Crippen LogP contribution is -2.10. The third-order valence-electron chi connectivity index (χ3n) is 2.15. The van der Waals surface area contributed by atoms with Crippen LogP contribution in [-0.2, 0) is 0 Å². The monoisotopic (exact) mass is 227 g/mol. The Balaban J connectivity index is 3.19. The minimum atomic E-state index is -0.566. The van der Waals surface area contributed by atoms with Gasteiger partial charge in [0.15, 0.2) is 17.3 Å². The molecule has 0 amide bonds. The van der Waals surface area contributed by atoms with E-state index in [1.165, 1.54) is 20.3 Å². The van der Waals surface area contributed by atoms with Crippen LogP contribution >= 0.6 is 0 Å². The molecule has 5 heteroatoms. The number of hydrogen-bond acceptors (Lipinski definition) is 4. The van der Waals surface area contributed by atoms with Crippen LogP contribution in [0.5, 0.6) is 11.5 Å². The molecule has 0 aliphatic heterocycles. The number of rotatable bonds is 5. The van der Waals surface area contributed by atoms with Gasteiger partial charge < -0.3 is 15.2 Å². The Morgan fingerprint density at radius 1 is 1.31 bits per heavy atom. The Hall–Kier alpha value is -1.62. The maximum atomic E-state index is 13.3. The smallest absolute Gasteiger partial charge is 0.168 e. The van der Waals surface area contributed by atoms with E-state index in [2.05, 4.69) is 0 Å². The Kier molecular flexibility index (Phi) is 4.25. The zero-order valence-corrected chi connectivity index (χ0v) is 9.25. The number of hydrogen-bond donors (Lipinski definition) is 1. The number of ether oxygens (including phenoxy) is 2. The summed E-state index contributed by atoms with van der Waals surface area (Å²) >= 11 is 0. The first-order valence-electron chi connectivity index (χ1n) is 4.78. The van der Waals surface area contributed by atoms with Gasteiger partial charge in [-0.3, -0.25) is 4.79 Å². The third-order valence-corrected chi connectivity index (χ3v) is 2.15. The Morgan fingerprint density at radius 3 is 2.44 bits per heavy atom. The van der Waals surface area contributed by atoms with E-state index in [1.807, 2.05) is 0 Å². The summed E-state index contributed by atoms with van der Waals surface area (Å²) < 4.78 is 23.1. The summed E-state index contributed by atoms with van der Waals surface area (Å²) in [5.41, 5.74) is 5.58. The summed E-state index contributed by atoms with van der Waals surface area (Å²) in [5.74, 6) is -0.556. The lowest BCUT2D eigenvalue weighted by Gasteiger charge is -2.10. The molecule has 0 aromatic heterocycles. The van der Waals surface area contributed by atoms with E-state index < -0.39 is 5.82 Å². The van der Waals surface area contributed by atoms with Crippen molar-refractivity contribution in [2.75, 3.05) is 20.8 Å². The summed E-state index contributed by atoms with van der Waals surface area (Å²) in [5, 5.41) is 0. The highest BCUT2D eigenvalue weighted by Gasteiger charge is 2.16. The molecule has 0 aliphatic carbocycles. The molecule has 1 aromatic carbocycles. The van der Waals surface area contributed by atoms with Crippen LogP contribution in [0.3, 0.4) is 0 Å². The molecule has 0 spiro atoms. The van der Waals surface area contributed by atoms with Crippen LogP contribution in [0, 0.1) is 5.82 Å². The molecule has 1 aromatic rings. The number of methoxy groups -OCH3 is 2. The third kappa shape index (κ3) is 2.49. The molecule has 0 bridgehead atoms. The van der Waals surface area contributed by atoms with Crippen molar-refractivity contribution in [2.24, 2.45) is 5.73 Å². The van der Waals surface area contributed by atoms with Crippen molar-refractivity contribution in [2.45, 2.75) is 6.42 Å². The SMILES string of the molecule is COc1cc(C(=O)CCN)c(OC)cc1F. The Labute approximate surface area is 93.2 Å². The minimum absolute atomic E-state index is 0.0150. The van der Waals surface area contributed by atoms with Crippen molar-refractivity contribution in [3.05, 3.63) is 23.5 Å². The van der Waals surface area contributed by atoms with Crippen LogP contribution in [0.15, 0.2) is 12.1 Å². The van der Waals surface area contributed by atoms with Crippen LogP contribution in [-0.4, -0.2) is 26.5 Å². The van der Waals surface area contributed by atoms with E-state index in [0.29, 0.717) is 0 Å². The van der Waals surface area contributed by atoms with Gasteiger partial charge in [0.05, 0.1) is 19.8 Å². The van der Waals surface area contributed by atoms with Gasteiger partial charge in [0.2, 0.25) is 0 Å². The van der Waals surface area contributed by atoms with Gasteiger partial charge in [0, 0.05) is 12.5 Å². The Bertz CT molecular complexity index is 393. The summed E-state index contributed by atoms with van der Waals surface area (Å²) in [6.45, 7) is 0.238. The highest BCUT2D eigenvalue weighted by molar-refractivity contribution is 5.99. The molecule has 16 heavy (non-hydrogen) atoms. The van der Waals surface area contributed by atoms with Gasteiger partial charge >= 0.3 is 0 Å². The summed E-state index contributed by atoms with van der Waals surface area (Å²) in [6.07, 6.45) is 0.186. The van der Waals surface area contributed by atoms with Gasteiger partial charge in [-0.1, -0.05) is 0 Å². The Morgan fingerprint density at radius 2 is 1.94 bits per heavy atom. The van der Waals surface area contributed by atoms with Crippen molar-refractivity contribution in [3.63, 3.8) is 0 Å². The molecule has 0 aliphatic rings. The highest BCUT2D eigenvalue weighted by atomic mass is 19.1. The van der Waals surface area contributed by atoms with Gasteiger partial charge in [-0.15, -0.1) is 0 Å². The molecule has 0 atom stereocenters. The van der Waals surface area contributed by atoms with Gasteiger partial charge in [-0.2, -0.15) is 0 Å². The van der Waals surface area contributed by atoms with E-state index in [4.69, 9.17) is 15.2 Å². The van der Waals surface area contributed by atoms with Crippen LogP contribution in [0.25, 0.3) is 0 Å². The lowest BCUT2D eigenvalue weighted by atomic mass is 10.1. The average molecular weight is 227 g/mol. The molecule has 0 heterocycles. The molecular weight excluding hydrogens is 213 g/mol. The second kappa shape index (κ2) is 5.46. The highest BCUT2D eigenvalue weighted by Crippen LogP contribution is 2.28. The molecule has 0 fully saturated rings. The second-order valence-electron chi connectivity index (χ2n) is 3.15. The normalized spacial score (nSPS) is 10.0. The number of Topliss-reactive ketones (excluding diaryl/α,β-unsaturated/α-hetero) is 1. The zero-order chi connectivity index (χ0) is 12.1. The molecule has 4 nitrogen and oxygen atoms in total. The van der Waals surface area contributed by atoms with Gasteiger partial charge in [0.25, 0.3) is 0 Å². The van der Waals surface area contributed by atoms with Crippen molar-refractivity contribution in [1.82, 2.24) is 0 Å². The number of halogens is 1. The number of ketones is 1. The van der Waals surface area contributed by atoms with Crippen LogP contribution in [0.1, 0.15) is 16.8 Å². The number of nitrogens with two attached hydrogens (primary N) is 1. The largest absolute Gasteiger partial charge is 0.496 e. The van der Waals surface area contributed by atoms with Crippen molar-refractivity contribution >= 4 is 5.78 Å². The summed E-state index contributed by atoms with van der Waals surface area (Å²) in [7, 11) is 2.71. The van der Waals surface area contributed by atoms with Crippen molar-refractivity contribution in [1.29, 1.82) is 0 Å². The molecular formula is C11H14FNO3. The van der Waals surface area contributed by atoms with E-state index in [-0.39, 0.29) is 35.8 Å². The molecule has 0 saturated heterocycles. The number of benzene rings is 1. The first kappa shape index (κ1) is 12.4. The molecule has 0 unspecified atom stereocenters. The van der Waals surface area contributed by atoms with E-state index in [0.717, 1.165) is 6.07 Å². The predicted molar refractivity (Wildman–Crippen MR) is 57.5 cm³/mol.